The molecule has 88 valence electrons. The van der Waals surface area contributed by atoms with E-state index in [0.717, 1.165) is 0 Å². The zero-order chi connectivity index (χ0) is 11.2. The third-order valence-electron chi connectivity index (χ3n) is 3.66. The van der Waals surface area contributed by atoms with Crippen LogP contribution in [0.3, 0.4) is 0 Å². The van der Waals surface area contributed by atoms with Crippen LogP contribution < -0.4 is 5.73 Å². The van der Waals surface area contributed by atoms with Crippen LogP contribution in [0, 0.1) is 0 Å². The van der Waals surface area contributed by atoms with Gasteiger partial charge < -0.3 is 15.6 Å². The average Bonchev–Trinajstić information content (AvgIpc) is 2.44. The Morgan fingerprint density at radius 1 is 1.20 bits per heavy atom. The minimum Gasteiger partial charge on any atom is -0.386 e. The molecule has 2 atom stereocenters. The molecule has 15 heavy (non-hydrogen) atoms. The summed E-state index contributed by atoms with van der Waals surface area (Å²) in [4.78, 5) is 0. The lowest BCUT2D eigenvalue weighted by Crippen LogP contribution is -2.63. The molecular formula is C10H17F2NO2. The lowest BCUT2D eigenvalue weighted by Gasteiger charge is -2.44. The Kier molecular flexibility index (Phi) is 2.52. The highest BCUT2D eigenvalue weighted by Gasteiger charge is 2.58. The van der Waals surface area contributed by atoms with Crippen molar-refractivity contribution in [3.8, 4) is 0 Å². The van der Waals surface area contributed by atoms with Crippen molar-refractivity contribution in [1.82, 2.24) is 0 Å². The molecule has 0 aromatic carbocycles. The summed E-state index contributed by atoms with van der Waals surface area (Å²) in [5.41, 5.74) is 3.48. The normalized spacial score (nSPS) is 45.6. The van der Waals surface area contributed by atoms with Gasteiger partial charge in [0.15, 0.2) is 0 Å². The SMILES string of the molecule is NC1(C2(O)CCCOC2)CCC(F)(F)C1. The lowest BCUT2D eigenvalue weighted by atomic mass is 9.75. The maximum Gasteiger partial charge on any atom is 0.250 e. The molecule has 3 N–H and O–H groups in total. The van der Waals surface area contributed by atoms with Crippen LogP contribution >= 0.6 is 0 Å². The van der Waals surface area contributed by atoms with Crippen molar-refractivity contribution in [1.29, 1.82) is 0 Å². The Labute approximate surface area is 87.6 Å². The van der Waals surface area contributed by atoms with Gasteiger partial charge in [0.1, 0.15) is 5.60 Å². The molecule has 1 aliphatic carbocycles. The average molecular weight is 221 g/mol. The highest BCUT2D eigenvalue weighted by atomic mass is 19.3. The summed E-state index contributed by atoms with van der Waals surface area (Å²) in [6.07, 6.45) is 0.645. The van der Waals surface area contributed by atoms with Gasteiger partial charge in [-0.3, -0.25) is 0 Å². The van der Waals surface area contributed by atoms with Gasteiger partial charge in [0.05, 0.1) is 12.1 Å². The van der Waals surface area contributed by atoms with E-state index in [1.165, 1.54) is 0 Å². The minimum absolute atomic E-state index is 0.0829. The van der Waals surface area contributed by atoms with E-state index in [4.69, 9.17) is 10.5 Å². The molecule has 0 spiro atoms. The van der Waals surface area contributed by atoms with E-state index >= 15 is 0 Å². The molecule has 0 radical (unpaired) electrons. The van der Waals surface area contributed by atoms with Crippen molar-refractivity contribution in [2.45, 2.75) is 49.2 Å². The quantitative estimate of drug-likeness (QED) is 0.695. The summed E-state index contributed by atoms with van der Waals surface area (Å²) in [5, 5.41) is 10.3. The molecule has 1 heterocycles. The zero-order valence-electron chi connectivity index (χ0n) is 8.64. The predicted molar refractivity (Wildman–Crippen MR) is 50.7 cm³/mol. The number of aliphatic hydroxyl groups is 1. The van der Waals surface area contributed by atoms with Crippen molar-refractivity contribution in [2.75, 3.05) is 13.2 Å². The van der Waals surface area contributed by atoms with Crippen LogP contribution in [0.5, 0.6) is 0 Å². The van der Waals surface area contributed by atoms with Crippen molar-refractivity contribution >= 4 is 0 Å². The maximum absolute atomic E-state index is 13.1. The maximum atomic E-state index is 13.1. The van der Waals surface area contributed by atoms with E-state index in [2.05, 4.69) is 0 Å². The molecule has 2 rings (SSSR count). The van der Waals surface area contributed by atoms with Gasteiger partial charge in [-0.25, -0.2) is 8.78 Å². The van der Waals surface area contributed by atoms with Gasteiger partial charge in [-0.15, -0.1) is 0 Å². The van der Waals surface area contributed by atoms with Crippen LogP contribution in [0.15, 0.2) is 0 Å². The fraction of sp³-hybridized carbons (Fsp3) is 1.00. The first-order valence-corrected chi connectivity index (χ1v) is 5.34. The highest BCUT2D eigenvalue weighted by Crippen LogP contribution is 2.47. The largest absolute Gasteiger partial charge is 0.386 e. The van der Waals surface area contributed by atoms with E-state index < -0.39 is 23.5 Å². The zero-order valence-corrected chi connectivity index (χ0v) is 8.64. The fourth-order valence-electron chi connectivity index (χ4n) is 2.61. The number of nitrogens with two attached hydrogens (primary N) is 1. The monoisotopic (exact) mass is 221 g/mol. The summed E-state index contributed by atoms with van der Waals surface area (Å²) in [7, 11) is 0. The van der Waals surface area contributed by atoms with E-state index in [1.54, 1.807) is 0 Å². The van der Waals surface area contributed by atoms with Crippen molar-refractivity contribution in [3.63, 3.8) is 0 Å². The van der Waals surface area contributed by atoms with E-state index in [-0.39, 0.29) is 19.4 Å². The predicted octanol–water partition coefficient (Wildman–Crippen LogP) is 1.04. The Balaban J connectivity index is 2.15. The molecule has 1 aliphatic heterocycles. The van der Waals surface area contributed by atoms with Gasteiger partial charge in [-0.1, -0.05) is 0 Å². The van der Waals surface area contributed by atoms with Gasteiger partial charge in [-0.2, -0.15) is 0 Å². The number of hydrogen-bond donors (Lipinski definition) is 2. The standard InChI is InChI=1S/C10H17F2NO2/c11-10(12)4-3-8(13,6-10)9(14)2-1-5-15-7-9/h14H,1-7,13H2. The van der Waals surface area contributed by atoms with Crippen LogP contribution in [0.1, 0.15) is 32.1 Å². The number of halogens is 2. The molecule has 1 saturated carbocycles. The summed E-state index contributed by atoms with van der Waals surface area (Å²) in [6.45, 7) is 0.661. The summed E-state index contributed by atoms with van der Waals surface area (Å²) in [6, 6.07) is 0. The smallest absolute Gasteiger partial charge is 0.250 e. The van der Waals surface area contributed by atoms with Crippen LogP contribution in [-0.2, 0) is 4.74 Å². The van der Waals surface area contributed by atoms with E-state index in [0.29, 0.717) is 19.4 Å². The molecule has 1 saturated heterocycles. The Hall–Kier alpha value is -0.260. The first kappa shape index (κ1) is 11.2. The molecule has 3 nitrogen and oxygen atoms in total. The van der Waals surface area contributed by atoms with E-state index in [1.807, 2.05) is 0 Å². The fourth-order valence-corrected chi connectivity index (χ4v) is 2.61. The van der Waals surface area contributed by atoms with Crippen LogP contribution in [-0.4, -0.2) is 35.4 Å². The molecule has 5 heteroatoms. The van der Waals surface area contributed by atoms with Crippen LogP contribution in [0.25, 0.3) is 0 Å². The molecule has 0 aromatic rings. The Bertz CT molecular complexity index is 254. The van der Waals surface area contributed by atoms with Crippen molar-refractivity contribution in [2.24, 2.45) is 5.73 Å². The van der Waals surface area contributed by atoms with Crippen molar-refractivity contribution < 1.29 is 18.6 Å². The van der Waals surface area contributed by atoms with Gasteiger partial charge in [0.25, 0.3) is 0 Å². The third kappa shape index (κ3) is 1.88. The summed E-state index contributed by atoms with van der Waals surface area (Å²) in [5.74, 6) is -2.73. The number of rotatable bonds is 1. The minimum atomic E-state index is -2.73. The number of alkyl halides is 2. The summed E-state index contributed by atoms with van der Waals surface area (Å²) >= 11 is 0. The number of ether oxygens (including phenoxy) is 1. The number of hydrogen-bond acceptors (Lipinski definition) is 3. The molecule has 2 unspecified atom stereocenters. The second kappa shape index (κ2) is 3.37. The third-order valence-corrected chi connectivity index (χ3v) is 3.66. The van der Waals surface area contributed by atoms with Gasteiger partial charge in [-0.05, 0) is 19.3 Å². The molecule has 2 aliphatic rings. The molecule has 0 aromatic heterocycles. The summed E-state index contributed by atoms with van der Waals surface area (Å²) < 4.78 is 31.4. The molecular weight excluding hydrogens is 204 g/mol. The second-order valence-corrected chi connectivity index (χ2v) is 4.88. The van der Waals surface area contributed by atoms with E-state index in [9.17, 15) is 13.9 Å². The van der Waals surface area contributed by atoms with Crippen molar-refractivity contribution in [3.05, 3.63) is 0 Å². The van der Waals surface area contributed by atoms with Gasteiger partial charge >= 0.3 is 0 Å². The van der Waals surface area contributed by atoms with Crippen LogP contribution in [0.4, 0.5) is 8.78 Å². The molecule has 0 amide bonds. The highest BCUT2D eigenvalue weighted by molar-refractivity contribution is 5.10. The Morgan fingerprint density at radius 2 is 1.93 bits per heavy atom. The Morgan fingerprint density at radius 3 is 2.40 bits per heavy atom. The van der Waals surface area contributed by atoms with Crippen LogP contribution in [0.2, 0.25) is 0 Å². The lowest BCUT2D eigenvalue weighted by molar-refractivity contribution is -0.135. The first-order chi connectivity index (χ1) is 6.87. The van der Waals surface area contributed by atoms with Gasteiger partial charge in [0.2, 0.25) is 5.92 Å². The topological polar surface area (TPSA) is 55.5 Å². The second-order valence-electron chi connectivity index (χ2n) is 4.88. The molecule has 2 fully saturated rings. The van der Waals surface area contributed by atoms with Gasteiger partial charge in [0, 0.05) is 19.4 Å². The molecule has 0 bridgehead atoms. The first-order valence-electron chi connectivity index (χ1n) is 5.34.